The number of amides is 2. The third kappa shape index (κ3) is 36.3. The first-order valence-electron chi connectivity index (χ1n) is 31.8. The SMILES string of the molecule is CC(=O)OCc1ccc(O[C@@H]2O[C@H](C(=O)O)[C@@H](O)[C@H](O)[C@H]2O)c(C(=O)CCCOCCOCC(=O)C[C@@H](C)C(=O)NCCCC[C@H](NC(=O)[C@H](C)CC(=O)COCCOCCCC(=O)c2cc(COC(C)=O)ccc2O[C@@H]2OC[C@@H](O)[C@H](O)[C@H]2O)C(=O)CCCON)c1.O=C=O.O=C=O.O=C=O. The van der Waals surface area contributed by atoms with Crippen molar-refractivity contribution in [3.63, 3.8) is 0 Å². The van der Waals surface area contributed by atoms with Crippen molar-refractivity contribution in [1.82, 2.24) is 10.6 Å². The zero-order valence-corrected chi connectivity index (χ0v) is 56.6. The van der Waals surface area contributed by atoms with Gasteiger partial charge in [-0.15, -0.1) is 0 Å². The Morgan fingerprint density at radius 2 is 1.01 bits per heavy atom. The van der Waals surface area contributed by atoms with Crippen molar-refractivity contribution in [2.24, 2.45) is 17.7 Å². The van der Waals surface area contributed by atoms with Crippen LogP contribution in [0.3, 0.4) is 0 Å². The van der Waals surface area contributed by atoms with Crippen LogP contribution in [0.15, 0.2) is 36.4 Å². The molecule has 0 saturated carbocycles. The maximum absolute atomic E-state index is 13.4. The van der Waals surface area contributed by atoms with E-state index in [2.05, 4.69) is 15.5 Å². The van der Waals surface area contributed by atoms with E-state index in [0.29, 0.717) is 30.4 Å². The number of carboxylic acid groups (broad SMARTS) is 1. The third-order valence-corrected chi connectivity index (χ3v) is 14.6. The summed E-state index contributed by atoms with van der Waals surface area (Å²) in [5.41, 5.74) is 0.938. The predicted octanol–water partition coefficient (Wildman–Crippen LogP) is -1.96. The zero-order chi connectivity index (χ0) is 76.7. The molecule has 0 spiro atoms. The molecule has 0 bridgehead atoms. The number of unbranched alkanes of at least 4 members (excludes halogenated alkanes) is 1. The van der Waals surface area contributed by atoms with Gasteiger partial charge >= 0.3 is 36.4 Å². The van der Waals surface area contributed by atoms with E-state index in [1.165, 1.54) is 44.2 Å². The van der Waals surface area contributed by atoms with Crippen LogP contribution in [0.5, 0.6) is 11.5 Å². The predicted molar refractivity (Wildman–Crippen MR) is 333 cm³/mol. The molecule has 2 aliphatic rings. The van der Waals surface area contributed by atoms with Crippen molar-refractivity contribution >= 4 is 77.1 Å². The summed E-state index contributed by atoms with van der Waals surface area (Å²) in [7, 11) is 0. The molecule has 568 valence electrons. The number of esters is 2. The van der Waals surface area contributed by atoms with Gasteiger partial charge in [-0.25, -0.2) is 10.7 Å². The van der Waals surface area contributed by atoms with Gasteiger partial charge in [0.1, 0.15) is 74.6 Å². The van der Waals surface area contributed by atoms with Crippen LogP contribution in [-0.4, -0.2) is 247 Å². The second kappa shape index (κ2) is 52.3. The molecule has 2 aliphatic heterocycles. The van der Waals surface area contributed by atoms with Crippen molar-refractivity contribution in [1.29, 1.82) is 0 Å². The summed E-state index contributed by atoms with van der Waals surface area (Å²) in [5, 5.41) is 75.9. The Kier molecular flexibility index (Phi) is 46.8. The zero-order valence-electron chi connectivity index (χ0n) is 56.6. The number of rotatable bonds is 46. The van der Waals surface area contributed by atoms with Gasteiger partial charge in [0.2, 0.25) is 24.4 Å². The quantitative estimate of drug-likeness (QED) is 0.0149. The fourth-order valence-corrected chi connectivity index (χ4v) is 9.36. The van der Waals surface area contributed by atoms with Crippen LogP contribution in [0.4, 0.5) is 0 Å². The molecule has 0 aliphatic carbocycles. The number of aliphatic hydroxyl groups excluding tert-OH is 6. The molecule has 0 radical (unpaired) electrons. The Hall–Kier alpha value is -8.68. The number of carboxylic acids is 1. The summed E-state index contributed by atoms with van der Waals surface area (Å²) in [6.07, 6.45) is -13.2. The molecule has 2 heterocycles. The van der Waals surface area contributed by atoms with Crippen molar-refractivity contribution < 1.29 is 165 Å². The highest BCUT2D eigenvalue weighted by Crippen LogP contribution is 2.30. The first-order valence-corrected chi connectivity index (χ1v) is 31.8. The normalized spacial score (nSPS) is 19.7. The fraction of sp³-hybridized carbons (Fsp3) is 0.615. The molecule has 2 aromatic carbocycles. The van der Waals surface area contributed by atoms with E-state index in [1.54, 1.807) is 19.9 Å². The minimum absolute atomic E-state index is 0.00983. The molecule has 12 atom stereocenters. The molecule has 2 fully saturated rings. The van der Waals surface area contributed by atoms with Gasteiger partial charge < -0.3 is 98.6 Å². The summed E-state index contributed by atoms with van der Waals surface area (Å²) in [4.78, 5) is 179. The van der Waals surface area contributed by atoms with E-state index in [4.69, 9.17) is 82.0 Å². The van der Waals surface area contributed by atoms with Gasteiger partial charge in [0, 0.05) is 77.5 Å². The van der Waals surface area contributed by atoms with Crippen molar-refractivity contribution in [3.8, 4) is 11.5 Å². The molecule has 0 aromatic heterocycles. The summed E-state index contributed by atoms with van der Waals surface area (Å²) in [5.74, 6) is -2.01. The van der Waals surface area contributed by atoms with Crippen LogP contribution in [0, 0.1) is 11.8 Å². The average molecular weight is 1460 g/mol. The van der Waals surface area contributed by atoms with Crippen molar-refractivity contribution in [2.45, 2.75) is 173 Å². The number of nitrogens with one attached hydrogen (secondary N) is 2. The Morgan fingerprint density at radius 1 is 0.559 bits per heavy atom. The van der Waals surface area contributed by atoms with Crippen molar-refractivity contribution in [2.75, 3.05) is 72.6 Å². The van der Waals surface area contributed by atoms with Gasteiger partial charge in [-0.1, -0.05) is 26.0 Å². The summed E-state index contributed by atoms with van der Waals surface area (Å²) < 4.78 is 54.0. The van der Waals surface area contributed by atoms with Crippen LogP contribution >= 0.6 is 0 Å². The van der Waals surface area contributed by atoms with Crippen LogP contribution in [0.1, 0.15) is 130 Å². The molecule has 102 heavy (non-hydrogen) atoms. The topological polar surface area (TPSA) is 566 Å². The first-order chi connectivity index (χ1) is 48.5. The maximum atomic E-state index is 13.4. The molecular formula is C65H89N3O34. The lowest BCUT2D eigenvalue weighted by Crippen LogP contribution is -2.61. The lowest BCUT2D eigenvalue weighted by atomic mass is 9.98. The monoisotopic (exact) mass is 1460 g/mol. The van der Waals surface area contributed by atoms with E-state index >= 15 is 0 Å². The van der Waals surface area contributed by atoms with E-state index in [1.807, 2.05) is 0 Å². The van der Waals surface area contributed by atoms with Crippen LogP contribution in [0.2, 0.25) is 0 Å². The number of benzene rings is 2. The Bertz CT molecular complexity index is 3040. The number of nitrogens with two attached hydrogens (primary N) is 1. The second-order valence-corrected chi connectivity index (χ2v) is 22.7. The summed E-state index contributed by atoms with van der Waals surface area (Å²) in [6, 6.07) is 7.71. The molecular weight excluding hydrogens is 1370 g/mol. The van der Waals surface area contributed by atoms with Gasteiger partial charge in [-0.2, -0.15) is 28.8 Å². The molecule has 37 nitrogen and oxygen atoms in total. The molecule has 0 unspecified atom stereocenters. The standard InChI is InChI=1S/C62H89N3O28.3CO2/c1-35(26-41(68)32-85-24-22-84-20-8-12-47(71)44-29-40(31-88-38(4)67)15-17-51(44)92-62-56(78)53(75)54(76)57(93-62)60(81)82)58(79)64-18-6-5-10-45(48(72)13-9-21-90-63)65-59(80)36(2)27-42(69)33-86-25-23-83-19-7-11-46(70)43-28-39(30-87-37(3)66)14-16-50(43)91-61-55(77)52(74)49(73)34-89-61;3*2-1-3/h14-17,28-29,35-36,45,49,52-57,61-62,73-78H,5-13,18-27,30-34,63H2,1-4H3,(H,64,79)(H,65,80)(H,81,82);;;/t35-,36-,45+,49-,52+,53+,54+,55-,56-,57+,61+,62-;;;/m1.../s1. The Labute approximate surface area is 584 Å². The lowest BCUT2D eigenvalue weighted by molar-refractivity contribution is -0.271. The number of ketones is 5. The van der Waals surface area contributed by atoms with Gasteiger partial charge in [0.25, 0.3) is 0 Å². The number of ether oxygens (including phenoxy) is 10. The molecule has 2 saturated heterocycles. The molecule has 37 heteroatoms. The highest BCUT2D eigenvalue weighted by Gasteiger charge is 2.48. The summed E-state index contributed by atoms with van der Waals surface area (Å²) >= 11 is 0. The number of Topliss-reactive ketones (excluding diaryl/α,β-unsaturated/α-hetero) is 5. The van der Waals surface area contributed by atoms with Gasteiger partial charge in [-0.05, 0) is 73.9 Å². The third-order valence-electron chi connectivity index (χ3n) is 14.6. The van der Waals surface area contributed by atoms with E-state index in [-0.39, 0.29) is 207 Å². The van der Waals surface area contributed by atoms with E-state index in [0.717, 1.165) is 0 Å². The van der Waals surface area contributed by atoms with Crippen LogP contribution in [-0.2, 0) is 123 Å². The lowest BCUT2D eigenvalue weighted by Gasteiger charge is -2.38. The van der Waals surface area contributed by atoms with Crippen LogP contribution in [0.25, 0.3) is 0 Å². The minimum atomic E-state index is -1.96. The number of carbonyl (C=O) groups is 10. The van der Waals surface area contributed by atoms with E-state index in [9.17, 15) is 83.7 Å². The highest BCUT2D eigenvalue weighted by atomic mass is 16.7. The number of hydrogen-bond donors (Lipinski definition) is 10. The van der Waals surface area contributed by atoms with Crippen LogP contribution < -0.4 is 26.0 Å². The Morgan fingerprint density at radius 3 is 1.48 bits per heavy atom. The molecule has 2 amide bonds. The van der Waals surface area contributed by atoms with Gasteiger partial charge in [-0.3, -0.25) is 43.2 Å². The first kappa shape index (κ1) is 91.3. The number of hydrogen-bond acceptors (Lipinski definition) is 34. The molecule has 2 aromatic rings. The minimum Gasteiger partial charge on any atom is -0.479 e. The number of aliphatic carboxylic acids is 1. The second-order valence-electron chi connectivity index (χ2n) is 22.7. The fourth-order valence-electron chi connectivity index (χ4n) is 9.36. The van der Waals surface area contributed by atoms with Crippen molar-refractivity contribution in [3.05, 3.63) is 58.7 Å². The average Bonchev–Trinajstić information content (AvgIpc) is 0.802. The smallest absolute Gasteiger partial charge is 0.373 e. The Balaban J connectivity index is 0.00000547. The summed E-state index contributed by atoms with van der Waals surface area (Å²) in [6.45, 7) is 5.02. The highest BCUT2D eigenvalue weighted by molar-refractivity contribution is 5.99. The maximum Gasteiger partial charge on any atom is 0.373 e. The van der Waals surface area contributed by atoms with Gasteiger partial charge in [0.15, 0.2) is 35.0 Å². The largest absolute Gasteiger partial charge is 0.479 e. The molecule has 11 N–H and O–H groups in total. The van der Waals surface area contributed by atoms with E-state index < -0.39 is 103 Å². The molecule has 4 rings (SSSR count). The number of carbonyl (C=O) groups excluding carboxylic acids is 15. The number of aliphatic hydroxyl groups is 6. The van der Waals surface area contributed by atoms with Gasteiger partial charge in [0.05, 0.1) is 56.8 Å².